The summed E-state index contributed by atoms with van der Waals surface area (Å²) >= 11 is 0. The predicted molar refractivity (Wildman–Crippen MR) is 78.2 cm³/mol. The van der Waals surface area contributed by atoms with E-state index in [1.54, 1.807) is 0 Å². The van der Waals surface area contributed by atoms with Crippen molar-refractivity contribution in [3.63, 3.8) is 0 Å². The smallest absolute Gasteiger partial charge is 0.212 e. The third-order valence-electron chi connectivity index (χ3n) is 5.57. The summed E-state index contributed by atoms with van der Waals surface area (Å²) in [6.07, 6.45) is 1.50. The quantitative estimate of drug-likeness (QED) is 0.706. The van der Waals surface area contributed by atoms with E-state index >= 15 is 0 Å². The Hall–Kier alpha value is -0.500. The molecule has 7 heteroatoms. The van der Waals surface area contributed by atoms with Crippen LogP contribution in [-0.4, -0.2) is 47.0 Å². The van der Waals surface area contributed by atoms with Gasteiger partial charge in [0.1, 0.15) is 5.78 Å². The second-order valence-corrected chi connectivity index (χ2v) is 8.48. The van der Waals surface area contributed by atoms with Crippen LogP contribution in [0.1, 0.15) is 33.1 Å². The number of Topliss-reactive ketones (excluding diaryl/α,β-unsaturated/α-hetero) is 1. The summed E-state index contributed by atoms with van der Waals surface area (Å²) in [5.41, 5.74) is -0.986. The van der Waals surface area contributed by atoms with E-state index in [0.29, 0.717) is 18.8 Å². The highest BCUT2D eigenvalue weighted by atomic mass is 32.2. The summed E-state index contributed by atoms with van der Waals surface area (Å²) in [5.74, 6) is 0.276. The molecule has 0 aromatic carbocycles. The van der Waals surface area contributed by atoms with Gasteiger partial charge in [-0.1, -0.05) is 13.8 Å². The second-order valence-electron chi connectivity index (χ2n) is 6.68. The zero-order chi connectivity index (χ0) is 15.9. The summed E-state index contributed by atoms with van der Waals surface area (Å²) in [5, 5.41) is 0. The van der Waals surface area contributed by atoms with E-state index in [1.807, 2.05) is 13.8 Å². The first kappa shape index (κ1) is 16.9. The number of sulfonamides is 1. The second kappa shape index (κ2) is 5.61. The Balaban J connectivity index is 2.11. The number of fused-ring (bicyclic) bond motifs is 2. The van der Waals surface area contributed by atoms with Crippen molar-refractivity contribution >= 4 is 15.8 Å². The van der Waals surface area contributed by atoms with Crippen molar-refractivity contribution in [3.8, 4) is 0 Å². The highest BCUT2D eigenvalue weighted by molar-refractivity contribution is 7.89. The molecular formula is C14H25NO5S. The molecule has 21 heavy (non-hydrogen) atoms. The molecule has 1 N–H and O–H groups in total. The number of nitrogens with one attached hydrogen (secondary N) is 1. The SMILES string of the molecule is COC(CNS(=O)(=O)CC12CCC(CC1=O)C2(C)C)OC. The molecule has 2 aliphatic rings. The molecule has 0 aliphatic heterocycles. The fraction of sp³-hybridized carbons (Fsp3) is 0.929. The lowest BCUT2D eigenvalue weighted by Gasteiger charge is -2.36. The lowest BCUT2D eigenvalue weighted by atomic mass is 9.70. The molecule has 2 aliphatic carbocycles. The Morgan fingerprint density at radius 3 is 2.38 bits per heavy atom. The van der Waals surface area contributed by atoms with Crippen molar-refractivity contribution in [1.82, 2.24) is 4.72 Å². The van der Waals surface area contributed by atoms with E-state index in [9.17, 15) is 13.2 Å². The first-order chi connectivity index (χ1) is 9.68. The first-order valence-corrected chi connectivity index (χ1v) is 8.90. The standard InChI is InChI=1S/C14H25NO5S/c1-13(2)10-5-6-14(13,11(16)7-10)9-21(17,18)15-8-12(19-3)20-4/h10,12,15H,5-9H2,1-4H3. The van der Waals surface area contributed by atoms with E-state index in [-0.39, 0.29) is 23.5 Å². The Kier molecular flexibility index (Phi) is 4.50. The number of carbonyl (C=O) groups excluding carboxylic acids is 1. The molecular weight excluding hydrogens is 294 g/mol. The van der Waals surface area contributed by atoms with Gasteiger partial charge in [-0.2, -0.15) is 0 Å². The third kappa shape index (κ3) is 2.76. The number of ketones is 1. The minimum absolute atomic E-state index is 0.0451. The average Bonchev–Trinajstić information content (AvgIpc) is 2.73. The summed E-state index contributed by atoms with van der Waals surface area (Å²) in [6.45, 7) is 4.10. The molecule has 122 valence electrons. The highest BCUT2D eigenvalue weighted by Crippen LogP contribution is 2.64. The van der Waals surface area contributed by atoms with E-state index < -0.39 is 21.7 Å². The average molecular weight is 319 g/mol. The van der Waals surface area contributed by atoms with Gasteiger partial charge in [-0.15, -0.1) is 0 Å². The van der Waals surface area contributed by atoms with Crippen molar-refractivity contribution < 1.29 is 22.7 Å². The molecule has 0 spiro atoms. The van der Waals surface area contributed by atoms with E-state index in [0.717, 1.165) is 6.42 Å². The van der Waals surface area contributed by atoms with Gasteiger partial charge in [-0.3, -0.25) is 4.79 Å². The van der Waals surface area contributed by atoms with Crippen LogP contribution >= 0.6 is 0 Å². The minimum atomic E-state index is -3.56. The highest BCUT2D eigenvalue weighted by Gasteiger charge is 2.65. The van der Waals surface area contributed by atoms with Gasteiger partial charge in [0, 0.05) is 26.1 Å². The van der Waals surface area contributed by atoms with Gasteiger partial charge in [-0.05, 0) is 24.2 Å². The third-order valence-corrected chi connectivity index (χ3v) is 7.05. The van der Waals surface area contributed by atoms with Crippen LogP contribution in [0.3, 0.4) is 0 Å². The maximum atomic E-state index is 12.4. The van der Waals surface area contributed by atoms with Gasteiger partial charge >= 0.3 is 0 Å². The summed E-state index contributed by atoms with van der Waals surface area (Å²) in [4.78, 5) is 12.4. The molecule has 2 unspecified atom stereocenters. The lowest BCUT2D eigenvalue weighted by molar-refractivity contribution is -0.128. The van der Waals surface area contributed by atoms with E-state index in [1.165, 1.54) is 14.2 Å². The number of rotatable bonds is 7. The molecule has 6 nitrogen and oxygen atoms in total. The minimum Gasteiger partial charge on any atom is -0.355 e. The number of methoxy groups -OCH3 is 2. The fourth-order valence-electron chi connectivity index (χ4n) is 3.94. The number of hydrogen-bond acceptors (Lipinski definition) is 5. The van der Waals surface area contributed by atoms with Gasteiger partial charge in [-0.25, -0.2) is 13.1 Å². The Bertz CT molecular complexity index is 511. The molecule has 0 amide bonds. The molecule has 2 fully saturated rings. The monoisotopic (exact) mass is 319 g/mol. The molecule has 0 radical (unpaired) electrons. The Morgan fingerprint density at radius 1 is 1.33 bits per heavy atom. The molecule has 0 saturated heterocycles. The zero-order valence-corrected chi connectivity index (χ0v) is 14.0. The van der Waals surface area contributed by atoms with Crippen molar-refractivity contribution in [1.29, 1.82) is 0 Å². The van der Waals surface area contributed by atoms with Crippen LogP contribution in [0.25, 0.3) is 0 Å². The Morgan fingerprint density at radius 2 is 1.95 bits per heavy atom. The maximum Gasteiger partial charge on any atom is 0.212 e. The number of hydrogen-bond donors (Lipinski definition) is 1. The molecule has 2 atom stereocenters. The van der Waals surface area contributed by atoms with Crippen LogP contribution in [0.4, 0.5) is 0 Å². The van der Waals surface area contributed by atoms with Gasteiger partial charge in [0.05, 0.1) is 12.3 Å². The van der Waals surface area contributed by atoms with Gasteiger partial charge in [0.2, 0.25) is 10.0 Å². The van der Waals surface area contributed by atoms with Crippen LogP contribution in [0, 0.1) is 16.7 Å². The number of ether oxygens (including phenoxy) is 2. The van der Waals surface area contributed by atoms with Crippen molar-refractivity contribution in [2.24, 2.45) is 16.7 Å². The normalized spacial score (nSPS) is 31.3. The van der Waals surface area contributed by atoms with Gasteiger partial charge in [0.25, 0.3) is 0 Å². The van der Waals surface area contributed by atoms with Crippen molar-refractivity contribution in [2.45, 2.75) is 39.4 Å². The summed E-state index contributed by atoms with van der Waals surface area (Å²) < 4.78 is 37.2. The van der Waals surface area contributed by atoms with Crippen molar-refractivity contribution in [3.05, 3.63) is 0 Å². The molecule has 0 aromatic heterocycles. The van der Waals surface area contributed by atoms with Gasteiger partial charge < -0.3 is 9.47 Å². The van der Waals surface area contributed by atoms with Crippen molar-refractivity contribution in [2.75, 3.05) is 26.5 Å². The lowest BCUT2D eigenvalue weighted by Crippen LogP contribution is -2.46. The zero-order valence-electron chi connectivity index (χ0n) is 13.1. The van der Waals surface area contributed by atoms with Crippen LogP contribution < -0.4 is 4.72 Å². The van der Waals surface area contributed by atoms with E-state index in [2.05, 4.69) is 4.72 Å². The molecule has 2 bridgehead atoms. The molecule has 0 heterocycles. The number of carbonyl (C=O) groups is 1. The molecule has 2 saturated carbocycles. The largest absolute Gasteiger partial charge is 0.355 e. The molecule has 0 aromatic rings. The first-order valence-electron chi connectivity index (χ1n) is 7.25. The summed E-state index contributed by atoms with van der Waals surface area (Å²) in [6, 6.07) is 0. The van der Waals surface area contributed by atoms with Crippen LogP contribution in [-0.2, 0) is 24.3 Å². The maximum absolute atomic E-state index is 12.4. The predicted octanol–water partition coefficient (Wildman–Crippen LogP) is 0.920. The van der Waals surface area contributed by atoms with Crippen LogP contribution in [0.2, 0.25) is 0 Å². The van der Waals surface area contributed by atoms with Crippen LogP contribution in [0.15, 0.2) is 0 Å². The van der Waals surface area contributed by atoms with E-state index in [4.69, 9.17) is 9.47 Å². The topological polar surface area (TPSA) is 81.7 Å². The molecule has 2 rings (SSSR count). The fourth-order valence-corrected chi connectivity index (χ4v) is 5.76. The summed E-state index contributed by atoms with van der Waals surface area (Å²) in [7, 11) is -0.657. The van der Waals surface area contributed by atoms with Crippen LogP contribution in [0.5, 0.6) is 0 Å². The van der Waals surface area contributed by atoms with Gasteiger partial charge in [0.15, 0.2) is 6.29 Å². The Labute approximate surface area is 126 Å².